The summed E-state index contributed by atoms with van der Waals surface area (Å²) in [4.78, 5) is 15.6. The number of nitrogens with one attached hydrogen (secondary N) is 1. The Bertz CT molecular complexity index is 596. The highest BCUT2D eigenvalue weighted by Crippen LogP contribution is 2.22. The maximum atomic E-state index is 11.4. The fraction of sp³-hybridized carbons (Fsp3) is 0.0769. The summed E-state index contributed by atoms with van der Waals surface area (Å²) < 4.78 is 5.08. The van der Waals surface area contributed by atoms with E-state index in [4.69, 9.17) is 16.3 Å². The number of amides is 1. The molecular formula is C13H14N4O2. The van der Waals surface area contributed by atoms with Crippen molar-refractivity contribution >= 4 is 11.7 Å². The van der Waals surface area contributed by atoms with Gasteiger partial charge in [-0.25, -0.2) is 10.8 Å². The number of rotatable bonds is 3. The van der Waals surface area contributed by atoms with Gasteiger partial charge < -0.3 is 10.5 Å². The first kappa shape index (κ1) is 12.8. The largest absolute Gasteiger partial charge is 0.497 e. The average molecular weight is 258 g/mol. The van der Waals surface area contributed by atoms with E-state index in [9.17, 15) is 4.79 Å². The zero-order valence-corrected chi connectivity index (χ0v) is 10.4. The molecule has 0 aliphatic heterocycles. The zero-order chi connectivity index (χ0) is 13.8. The van der Waals surface area contributed by atoms with Crippen molar-refractivity contribution in [2.45, 2.75) is 0 Å². The third-order valence-corrected chi connectivity index (χ3v) is 2.69. The van der Waals surface area contributed by atoms with Crippen molar-refractivity contribution in [3.63, 3.8) is 0 Å². The number of benzene rings is 1. The number of hydrogen-bond donors (Lipinski definition) is 3. The molecule has 0 bridgehead atoms. The number of anilines is 1. The normalized spacial score (nSPS) is 10.0. The molecule has 0 unspecified atom stereocenters. The molecule has 0 saturated heterocycles. The lowest BCUT2D eigenvalue weighted by Crippen LogP contribution is -2.30. The van der Waals surface area contributed by atoms with Gasteiger partial charge in [-0.3, -0.25) is 10.2 Å². The number of nitrogens with zero attached hydrogens (tertiary/aromatic N) is 1. The van der Waals surface area contributed by atoms with Crippen LogP contribution in [0.1, 0.15) is 10.4 Å². The Morgan fingerprint density at radius 1 is 1.21 bits per heavy atom. The molecule has 0 spiro atoms. The Balaban J connectivity index is 2.35. The number of ether oxygens (including phenoxy) is 1. The van der Waals surface area contributed by atoms with Crippen LogP contribution in [-0.4, -0.2) is 18.0 Å². The molecule has 1 amide bonds. The molecule has 98 valence electrons. The van der Waals surface area contributed by atoms with E-state index in [-0.39, 0.29) is 11.4 Å². The second kappa shape index (κ2) is 5.36. The topological polar surface area (TPSA) is 103 Å². The van der Waals surface area contributed by atoms with Gasteiger partial charge in [0.1, 0.15) is 11.6 Å². The fourth-order valence-corrected chi connectivity index (χ4v) is 1.67. The number of aromatic nitrogens is 1. The highest BCUT2D eigenvalue weighted by molar-refractivity contribution is 5.98. The fourth-order valence-electron chi connectivity index (χ4n) is 1.67. The predicted molar refractivity (Wildman–Crippen MR) is 72.3 cm³/mol. The predicted octanol–water partition coefficient (Wildman–Crippen LogP) is 0.943. The van der Waals surface area contributed by atoms with Crippen LogP contribution in [-0.2, 0) is 0 Å². The molecule has 1 heterocycles. The van der Waals surface area contributed by atoms with Crippen molar-refractivity contribution in [1.29, 1.82) is 0 Å². The monoisotopic (exact) mass is 258 g/mol. The van der Waals surface area contributed by atoms with Gasteiger partial charge in [0.25, 0.3) is 5.91 Å². The highest BCUT2D eigenvalue weighted by atomic mass is 16.5. The third-order valence-electron chi connectivity index (χ3n) is 2.69. The summed E-state index contributed by atoms with van der Waals surface area (Å²) in [5, 5.41) is 0. The van der Waals surface area contributed by atoms with E-state index in [2.05, 4.69) is 4.98 Å². The number of carbonyl (C=O) groups is 1. The summed E-state index contributed by atoms with van der Waals surface area (Å²) in [6.45, 7) is 0. The Morgan fingerprint density at radius 2 is 1.89 bits per heavy atom. The van der Waals surface area contributed by atoms with Crippen molar-refractivity contribution in [3.05, 3.63) is 42.0 Å². The first-order chi connectivity index (χ1) is 9.15. The number of hydrazine groups is 1. The molecule has 0 fully saturated rings. The minimum Gasteiger partial charge on any atom is -0.497 e. The molecule has 2 rings (SSSR count). The van der Waals surface area contributed by atoms with Crippen molar-refractivity contribution in [1.82, 2.24) is 10.4 Å². The Morgan fingerprint density at radius 3 is 2.42 bits per heavy atom. The van der Waals surface area contributed by atoms with Crippen LogP contribution in [0.4, 0.5) is 5.82 Å². The summed E-state index contributed by atoms with van der Waals surface area (Å²) in [6.07, 6.45) is 0. The van der Waals surface area contributed by atoms with Crippen LogP contribution in [0.5, 0.6) is 5.75 Å². The van der Waals surface area contributed by atoms with E-state index >= 15 is 0 Å². The van der Waals surface area contributed by atoms with Gasteiger partial charge in [-0.15, -0.1) is 0 Å². The Hall–Kier alpha value is -2.60. The van der Waals surface area contributed by atoms with Gasteiger partial charge in [0, 0.05) is 5.56 Å². The molecule has 5 N–H and O–H groups in total. The molecule has 2 aromatic rings. The molecule has 0 saturated carbocycles. The van der Waals surface area contributed by atoms with Crippen molar-refractivity contribution < 1.29 is 9.53 Å². The molecule has 19 heavy (non-hydrogen) atoms. The summed E-state index contributed by atoms with van der Waals surface area (Å²) >= 11 is 0. The molecule has 0 atom stereocenters. The van der Waals surface area contributed by atoms with E-state index in [1.807, 2.05) is 29.7 Å². The lowest BCUT2D eigenvalue weighted by molar-refractivity contribution is 0.0954. The summed E-state index contributed by atoms with van der Waals surface area (Å²) in [7, 11) is 1.60. The third kappa shape index (κ3) is 2.63. The van der Waals surface area contributed by atoms with E-state index in [0.717, 1.165) is 11.3 Å². The molecule has 0 radical (unpaired) electrons. The number of pyridine rings is 1. The SMILES string of the molecule is COc1ccc(-c2ccc(C(=O)NN)c(N)n2)cc1. The number of hydrogen-bond acceptors (Lipinski definition) is 5. The average Bonchev–Trinajstić information content (AvgIpc) is 2.46. The lowest BCUT2D eigenvalue weighted by atomic mass is 10.1. The number of nitrogens with two attached hydrogens (primary N) is 2. The summed E-state index contributed by atoms with van der Waals surface area (Å²) in [5.41, 5.74) is 9.57. The first-order valence-corrected chi connectivity index (χ1v) is 5.57. The Kier molecular flexibility index (Phi) is 3.63. The molecule has 0 aliphatic carbocycles. The van der Waals surface area contributed by atoms with Gasteiger partial charge in [-0.2, -0.15) is 0 Å². The Labute approximate surface area is 110 Å². The van der Waals surface area contributed by atoms with Crippen molar-refractivity contribution in [3.8, 4) is 17.0 Å². The maximum absolute atomic E-state index is 11.4. The zero-order valence-electron chi connectivity index (χ0n) is 10.4. The van der Waals surface area contributed by atoms with E-state index in [1.165, 1.54) is 0 Å². The highest BCUT2D eigenvalue weighted by Gasteiger charge is 2.10. The van der Waals surface area contributed by atoms with Crippen LogP contribution in [0, 0.1) is 0 Å². The number of nitrogen functional groups attached to an aromatic ring is 2. The van der Waals surface area contributed by atoms with Crippen molar-refractivity contribution in [2.24, 2.45) is 5.84 Å². The van der Waals surface area contributed by atoms with Crippen LogP contribution in [0.15, 0.2) is 36.4 Å². The lowest BCUT2D eigenvalue weighted by Gasteiger charge is -2.07. The van der Waals surface area contributed by atoms with E-state index in [1.54, 1.807) is 19.2 Å². The minimum atomic E-state index is -0.466. The van der Waals surface area contributed by atoms with Crippen LogP contribution < -0.4 is 21.7 Å². The smallest absolute Gasteiger partial charge is 0.268 e. The molecule has 0 aliphatic rings. The molecule has 1 aromatic heterocycles. The quantitative estimate of drug-likeness (QED) is 0.432. The summed E-state index contributed by atoms with van der Waals surface area (Å²) in [5.74, 6) is 5.49. The van der Waals surface area contributed by atoms with Gasteiger partial charge in [0.15, 0.2) is 0 Å². The minimum absolute atomic E-state index is 0.135. The van der Waals surface area contributed by atoms with E-state index in [0.29, 0.717) is 5.69 Å². The molecule has 6 heteroatoms. The van der Waals surface area contributed by atoms with Gasteiger partial charge in [-0.05, 0) is 36.4 Å². The van der Waals surface area contributed by atoms with E-state index < -0.39 is 5.91 Å². The van der Waals surface area contributed by atoms with Crippen LogP contribution >= 0.6 is 0 Å². The molecule has 1 aromatic carbocycles. The van der Waals surface area contributed by atoms with Crippen LogP contribution in [0.2, 0.25) is 0 Å². The van der Waals surface area contributed by atoms with Crippen LogP contribution in [0.3, 0.4) is 0 Å². The number of carbonyl (C=O) groups excluding carboxylic acids is 1. The molecular weight excluding hydrogens is 244 g/mol. The molecule has 6 nitrogen and oxygen atoms in total. The van der Waals surface area contributed by atoms with Crippen molar-refractivity contribution in [2.75, 3.05) is 12.8 Å². The number of methoxy groups -OCH3 is 1. The second-order valence-electron chi connectivity index (χ2n) is 3.83. The van der Waals surface area contributed by atoms with Gasteiger partial charge in [0.05, 0.1) is 18.4 Å². The standard InChI is InChI=1S/C13H14N4O2/c1-19-9-4-2-8(3-5-9)11-7-6-10(12(14)16-11)13(18)17-15/h2-7H,15H2,1H3,(H2,14,16)(H,17,18). The van der Waals surface area contributed by atoms with Gasteiger partial charge in [-0.1, -0.05) is 0 Å². The second-order valence-corrected chi connectivity index (χ2v) is 3.83. The summed E-state index contributed by atoms with van der Waals surface area (Å²) in [6, 6.07) is 10.7. The maximum Gasteiger partial charge on any atom is 0.268 e. The van der Waals surface area contributed by atoms with Gasteiger partial charge >= 0.3 is 0 Å². The van der Waals surface area contributed by atoms with Gasteiger partial charge in [0.2, 0.25) is 0 Å². The first-order valence-electron chi connectivity index (χ1n) is 5.57. The van der Waals surface area contributed by atoms with Crippen LogP contribution in [0.25, 0.3) is 11.3 Å².